The van der Waals surface area contributed by atoms with Crippen LogP contribution in [0.15, 0.2) is 6.33 Å². The molecule has 2 atom stereocenters. The molecule has 1 aromatic rings. The Balaban J connectivity index is 1.83. The summed E-state index contributed by atoms with van der Waals surface area (Å²) in [5.41, 5.74) is 0. The summed E-state index contributed by atoms with van der Waals surface area (Å²) in [7, 11) is 1.86. The fourth-order valence-corrected chi connectivity index (χ4v) is 3.06. The Morgan fingerprint density at radius 2 is 2.04 bits per heavy atom. The molecular formula is C16H30N6O2. The Kier molecular flexibility index (Phi) is 6.99. The van der Waals surface area contributed by atoms with Crippen molar-refractivity contribution >= 4 is 6.03 Å². The first-order chi connectivity index (χ1) is 11.5. The van der Waals surface area contributed by atoms with Gasteiger partial charge in [0, 0.05) is 32.7 Å². The molecule has 136 valence electrons. The molecule has 2 rings (SSSR count). The minimum absolute atomic E-state index is 0.174. The van der Waals surface area contributed by atoms with Crippen LogP contribution in [0.25, 0.3) is 0 Å². The molecule has 0 aliphatic carbocycles. The number of nitrogens with one attached hydrogen (secondary N) is 2. The van der Waals surface area contributed by atoms with Crippen molar-refractivity contribution in [2.45, 2.75) is 39.3 Å². The third-order valence-corrected chi connectivity index (χ3v) is 4.29. The summed E-state index contributed by atoms with van der Waals surface area (Å²) >= 11 is 0. The monoisotopic (exact) mass is 338 g/mol. The normalized spacial score (nSPS) is 18.4. The van der Waals surface area contributed by atoms with E-state index in [0.717, 1.165) is 38.5 Å². The highest BCUT2D eigenvalue weighted by Gasteiger charge is 2.23. The van der Waals surface area contributed by atoms with E-state index in [-0.39, 0.29) is 12.1 Å². The molecule has 1 aliphatic rings. The Hall–Kier alpha value is -1.67. The molecule has 8 heteroatoms. The van der Waals surface area contributed by atoms with Crippen molar-refractivity contribution in [2.75, 3.05) is 32.8 Å². The van der Waals surface area contributed by atoms with Gasteiger partial charge in [0.15, 0.2) is 5.82 Å². The van der Waals surface area contributed by atoms with Crippen molar-refractivity contribution in [1.82, 2.24) is 30.3 Å². The van der Waals surface area contributed by atoms with Gasteiger partial charge in [-0.15, -0.1) is 10.2 Å². The predicted molar refractivity (Wildman–Crippen MR) is 91.6 cm³/mol. The van der Waals surface area contributed by atoms with Crippen LogP contribution in [-0.2, 0) is 11.8 Å². The number of carbonyl (C=O) groups is 1. The van der Waals surface area contributed by atoms with Crippen LogP contribution >= 0.6 is 0 Å². The number of carbonyl (C=O) groups excluding carboxylic acids is 1. The molecule has 1 aromatic heterocycles. The van der Waals surface area contributed by atoms with Crippen molar-refractivity contribution in [3.63, 3.8) is 0 Å². The number of urea groups is 1. The van der Waals surface area contributed by atoms with Gasteiger partial charge < -0.3 is 19.9 Å². The number of ether oxygens (including phenoxy) is 1. The van der Waals surface area contributed by atoms with Crippen LogP contribution in [-0.4, -0.2) is 64.6 Å². The number of aromatic nitrogens is 3. The highest BCUT2D eigenvalue weighted by atomic mass is 16.5. The lowest BCUT2D eigenvalue weighted by molar-refractivity contribution is 0.0129. The average Bonchev–Trinajstić information content (AvgIpc) is 2.98. The maximum Gasteiger partial charge on any atom is 0.315 e. The Labute approximate surface area is 143 Å². The van der Waals surface area contributed by atoms with Crippen molar-refractivity contribution < 1.29 is 9.53 Å². The van der Waals surface area contributed by atoms with Crippen LogP contribution < -0.4 is 10.6 Å². The largest absolute Gasteiger partial charge is 0.379 e. The molecule has 0 saturated carbocycles. The molecule has 1 aliphatic heterocycles. The van der Waals surface area contributed by atoms with Gasteiger partial charge in [0.1, 0.15) is 6.33 Å². The van der Waals surface area contributed by atoms with E-state index in [1.165, 1.54) is 0 Å². The number of rotatable bonds is 7. The predicted octanol–water partition coefficient (Wildman–Crippen LogP) is 0.922. The number of aryl methyl sites for hydroxylation is 1. The van der Waals surface area contributed by atoms with Gasteiger partial charge in [-0.05, 0) is 19.3 Å². The lowest BCUT2D eigenvalue weighted by Gasteiger charge is -2.35. The Bertz CT molecular complexity index is 512. The van der Waals surface area contributed by atoms with Crippen LogP contribution in [0.4, 0.5) is 4.79 Å². The maximum atomic E-state index is 12.2. The summed E-state index contributed by atoms with van der Waals surface area (Å²) in [6, 6.07) is -0.0262. The summed E-state index contributed by atoms with van der Waals surface area (Å²) in [5.74, 6) is 1.32. The average molecular weight is 338 g/mol. The minimum Gasteiger partial charge on any atom is -0.379 e. The summed E-state index contributed by atoms with van der Waals surface area (Å²) in [5, 5.41) is 13.8. The van der Waals surface area contributed by atoms with E-state index in [1.54, 1.807) is 10.9 Å². The van der Waals surface area contributed by atoms with E-state index in [9.17, 15) is 4.79 Å². The van der Waals surface area contributed by atoms with Gasteiger partial charge >= 0.3 is 6.03 Å². The molecule has 0 spiro atoms. The second kappa shape index (κ2) is 8.98. The van der Waals surface area contributed by atoms with Gasteiger partial charge in [-0.1, -0.05) is 13.8 Å². The minimum atomic E-state index is -0.190. The first kappa shape index (κ1) is 18.7. The molecule has 8 nitrogen and oxygen atoms in total. The first-order valence-electron chi connectivity index (χ1n) is 8.67. The molecule has 2 unspecified atom stereocenters. The number of hydrogen-bond acceptors (Lipinski definition) is 5. The van der Waals surface area contributed by atoms with E-state index in [1.807, 2.05) is 14.0 Å². The van der Waals surface area contributed by atoms with Gasteiger partial charge in [-0.3, -0.25) is 4.90 Å². The highest BCUT2D eigenvalue weighted by molar-refractivity contribution is 5.74. The highest BCUT2D eigenvalue weighted by Crippen LogP contribution is 2.13. The van der Waals surface area contributed by atoms with Crippen LogP contribution in [0.5, 0.6) is 0 Å². The zero-order chi connectivity index (χ0) is 17.5. The van der Waals surface area contributed by atoms with Gasteiger partial charge in [0.05, 0.1) is 19.3 Å². The summed E-state index contributed by atoms with van der Waals surface area (Å²) in [4.78, 5) is 14.6. The molecule has 1 saturated heterocycles. The second-order valence-electron chi connectivity index (χ2n) is 6.81. The van der Waals surface area contributed by atoms with E-state index >= 15 is 0 Å². The third-order valence-electron chi connectivity index (χ3n) is 4.29. The molecule has 1 fully saturated rings. The number of morpholine rings is 1. The lowest BCUT2D eigenvalue weighted by atomic mass is 10.0. The smallest absolute Gasteiger partial charge is 0.315 e. The third kappa shape index (κ3) is 5.45. The van der Waals surface area contributed by atoms with E-state index in [4.69, 9.17) is 4.74 Å². The zero-order valence-electron chi connectivity index (χ0n) is 15.2. The summed E-state index contributed by atoms with van der Waals surface area (Å²) in [6.07, 6.45) is 2.68. The zero-order valence-corrected chi connectivity index (χ0v) is 15.2. The molecule has 2 N–H and O–H groups in total. The molecule has 0 bridgehead atoms. The lowest BCUT2D eigenvalue weighted by Crippen LogP contribution is -2.50. The Morgan fingerprint density at radius 3 is 2.62 bits per heavy atom. The standard InChI is InChI=1S/C16H30N6O2/c1-12(2)9-14(22-5-7-24-8-6-22)10-17-16(23)19-13(3)15-20-18-11-21(15)4/h11-14H,5-10H2,1-4H3,(H2,17,19,23). The molecule has 0 aromatic carbocycles. The summed E-state index contributed by atoms with van der Waals surface area (Å²) in [6.45, 7) is 10.3. The SMILES string of the molecule is CC(C)CC(CNC(=O)NC(C)c1nncn1C)N1CCOCC1. The fraction of sp³-hybridized carbons (Fsp3) is 0.812. The molecule has 2 amide bonds. The molecule has 24 heavy (non-hydrogen) atoms. The first-order valence-corrected chi connectivity index (χ1v) is 8.67. The van der Waals surface area contributed by atoms with E-state index in [0.29, 0.717) is 18.5 Å². The number of nitrogens with zero attached hydrogens (tertiary/aromatic N) is 4. The van der Waals surface area contributed by atoms with Gasteiger partial charge in [0.2, 0.25) is 0 Å². The fourth-order valence-electron chi connectivity index (χ4n) is 3.06. The van der Waals surface area contributed by atoms with Crippen LogP contribution in [0.3, 0.4) is 0 Å². The van der Waals surface area contributed by atoms with Crippen molar-refractivity contribution in [3.05, 3.63) is 12.2 Å². The van der Waals surface area contributed by atoms with Gasteiger partial charge in [-0.25, -0.2) is 4.79 Å². The maximum absolute atomic E-state index is 12.2. The van der Waals surface area contributed by atoms with Crippen molar-refractivity contribution in [2.24, 2.45) is 13.0 Å². The van der Waals surface area contributed by atoms with Crippen LogP contribution in [0, 0.1) is 5.92 Å². The molecule has 2 heterocycles. The summed E-state index contributed by atoms with van der Waals surface area (Å²) < 4.78 is 7.23. The van der Waals surface area contributed by atoms with E-state index in [2.05, 4.69) is 39.6 Å². The topological polar surface area (TPSA) is 84.3 Å². The van der Waals surface area contributed by atoms with Crippen molar-refractivity contribution in [3.8, 4) is 0 Å². The number of amides is 2. The number of hydrogen-bond donors (Lipinski definition) is 2. The van der Waals surface area contributed by atoms with Crippen molar-refractivity contribution in [1.29, 1.82) is 0 Å². The van der Waals surface area contributed by atoms with Gasteiger partial charge in [0.25, 0.3) is 0 Å². The van der Waals surface area contributed by atoms with Gasteiger partial charge in [-0.2, -0.15) is 0 Å². The van der Waals surface area contributed by atoms with Crippen LogP contribution in [0.2, 0.25) is 0 Å². The molecular weight excluding hydrogens is 308 g/mol. The molecule has 0 radical (unpaired) electrons. The Morgan fingerprint density at radius 1 is 1.33 bits per heavy atom. The van der Waals surface area contributed by atoms with E-state index < -0.39 is 0 Å². The second-order valence-corrected chi connectivity index (χ2v) is 6.81. The quantitative estimate of drug-likeness (QED) is 0.772. The van der Waals surface area contributed by atoms with Crippen LogP contribution in [0.1, 0.15) is 39.1 Å².